The van der Waals surface area contributed by atoms with E-state index in [0.29, 0.717) is 24.3 Å². The number of benzene rings is 1. The minimum absolute atomic E-state index is 0.188. The monoisotopic (exact) mass is 337 g/mol. The Bertz CT molecular complexity index is 759. The van der Waals surface area contributed by atoms with Gasteiger partial charge in [0, 0.05) is 30.5 Å². The number of ether oxygens (including phenoxy) is 2. The molecule has 0 aliphatic carbocycles. The first-order chi connectivity index (χ1) is 11.5. The number of rotatable bonds is 3. The maximum atomic E-state index is 12.4. The van der Waals surface area contributed by atoms with Gasteiger partial charge in [0.1, 0.15) is 5.75 Å². The van der Waals surface area contributed by atoms with Gasteiger partial charge in [0.05, 0.1) is 23.9 Å². The molecule has 0 bridgehead atoms. The average molecular weight is 337 g/mol. The van der Waals surface area contributed by atoms with Crippen molar-refractivity contribution in [2.75, 3.05) is 13.2 Å². The molecule has 126 valence electrons. The fourth-order valence-corrected chi connectivity index (χ4v) is 2.68. The van der Waals surface area contributed by atoms with E-state index in [2.05, 4.69) is 9.84 Å². The molecule has 0 spiro atoms. The molecule has 0 N–H and O–H groups in total. The first-order valence-corrected chi connectivity index (χ1v) is 7.38. The number of hydrogen-bond acceptors (Lipinski definition) is 4. The first kappa shape index (κ1) is 16.3. The third kappa shape index (κ3) is 3.68. The van der Waals surface area contributed by atoms with Crippen LogP contribution in [0.15, 0.2) is 30.6 Å². The van der Waals surface area contributed by atoms with E-state index in [1.54, 1.807) is 17.1 Å². The van der Waals surface area contributed by atoms with Crippen LogP contribution in [0.1, 0.15) is 24.4 Å². The maximum absolute atomic E-state index is 12.4. The zero-order valence-electron chi connectivity index (χ0n) is 12.6. The average Bonchev–Trinajstić information content (AvgIpc) is 3.04. The summed E-state index contributed by atoms with van der Waals surface area (Å²) in [6, 6.07) is 5.80. The zero-order chi connectivity index (χ0) is 17.2. The van der Waals surface area contributed by atoms with Crippen LogP contribution in [0.4, 0.5) is 13.2 Å². The van der Waals surface area contributed by atoms with Gasteiger partial charge >= 0.3 is 6.36 Å². The molecular weight excluding hydrogens is 323 g/mol. The molecule has 1 aromatic heterocycles. The number of alkyl halides is 3. The Morgan fingerprint density at radius 1 is 1.29 bits per heavy atom. The molecule has 1 aliphatic heterocycles. The quantitative estimate of drug-likeness (QED) is 0.857. The molecule has 0 saturated carbocycles. The summed E-state index contributed by atoms with van der Waals surface area (Å²) >= 11 is 0. The van der Waals surface area contributed by atoms with Crippen LogP contribution < -0.4 is 4.74 Å². The van der Waals surface area contributed by atoms with Gasteiger partial charge in [-0.15, -0.1) is 13.2 Å². The zero-order valence-corrected chi connectivity index (χ0v) is 12.6. The molecule has 0 radical (unpaired) electrons. The van der Waals surface area contributed by atoms with E-state index >= 15 is 0 Å². The maximum Gasteiger partial charge on any atom is 0.573 e. The molecule has 1 saturated heterocycles. The first-order valence-electron chi connectivity index (χ1n) is 7.38. The lowest BCUT2D eigenvalue weighted by Crippen LogP contribution is -2.19. The highest BCUT2D eigenvalue weighted by Crippen LogP contribution is 2.31. The molecule has 2 aromatic rings. The lowest BCUT2D eigenvalue weighted by Gasteiger charge is -2.22. The van der Waals surface area contributed by atoms with E-state index in [-0.39, 0.29) is 17.4 Å². The molecule has 3 rings (SSSR count). The summed E-state index contributed by atoms with van der Waals surface area (Å²) in [5.74, 6) is -0.365. The van der Waals surface area contributed by atoms with Crippen LogP contribution >= 0.6 is 0 Å². The van der Waals surface area contributed by atoms with Crippen LogP contribution in [0.2, 0.25) is 0 Å². The third-order valence-electron chi connectivity index (χ3n) is 3.82. The Hall–Kier alpha value is -2.53. The second kappa shape index (κ2) is 6.53. The molecule has 0 atom stereocenters. The number of nitriles is 1. The molecule has 0 amide bonds. The number of nitrogens with zero attached hydrogens (tertiary/aromatic N) is 3. The van der Waals surface area contributed by atoms with Crippen molar-refractivity contribution in [3.05, 3.63) is 36.2 Å². The van der Waals surface area contributed by atoms with Crippen molar-refractivity contribution in [2.24, 2.45) is 0 Å². The lowest BCUT2D eigenvalue weighted by molar-refractivity contribution is -0.274. The largest absolute Gasteiger partial charge is 0.573 e. The van der Waals surface area contributed by atoms with Crippen molar-refractivity contribution in [2.45, 2.75) is 25.2 Å². The minimum atomic E-state index is -4.78. The summed E-state index contributed by atoms with van der Waals surface area (Å²) in [5.41, 5.74) is 1.19. The fourth-order valence-electron chi connectivity index (χ4n) is 2.68. The summed E-state index contributed by atoms with van der Waals surface area (Å²) in [4.78, 5) is 0. The predicted octanol–water partition coefficient (Wildman–Crippen LogP) is 3.67. The van der Waals surface area contributed by atoms with Crippen LogP contribution in [-0.2, 0) is 4.74 Å². The number of aromatic nitrogens is 2. The number of hydrogen-bond donors (Lipinski definition) is 0. The Kier molecular flexibility index (Phi) is 4.44. The van der Waals surface area contributed by atoms with E-state index in [0.717, 1.165) is 18.9 Å². The second-order valence-electron chi connectivity index (χ2n) is 5.42. The minimum Gasteiger partial charge on any atom is -0.406 e. The lowest BCUT2D eigenvalue weighted by atomic mass is 10.0. The van der Waals surface area contributed by atoms with Gasteiger partial charge in [0.2, 0.25) is 0 Å². The van der Waals surface area contributed by atoms with Gasteiger partial charge in [-0.3, -0.25) is 4.68 Å². The highest BCUT2D eigenvalue weighted by Gasteiger charge is 2.31. The van der Waals surface area contributed by atoms with E-state index in [9.17, 15) is 18.4 Å². The van der Waals surface area contributed by atoms with Gasteiger partial charge < -0.3 is 9.47 Å². The number of halogens is 3. The van der Waals surface area contributed by atoms with Crippen LogP contribution in [0.3, 0.4) is 0 Å². The van der Waals surface area contributed by atoms with Gasteiger partial charge in [-0.05, 0) is 31.0 Å². The summed E-state index contributed by atoms with van der Waals surface area (Å²) in [6.07, 6.45) is 0.150. The molecular formula is C16H14F3N3O2. The molecule has 1 aliphatic rings. The highest BCUT2D eigenvalue weighted by atomic mass is 19.4. The Labute approximate surface area is 136 Å². The fraction of sp³-hybridized carbons (Fsp3) is 0.375. The summed E-state index contributed by atoms with van der Waals surface area (Å²) in [6.45, 7) is 1.30. The molecule has 8 heteroatoms. The van der Waals surface area contributed by atoms with Crippen molar-refractivity contribution in [3.63, 3.8) is 0 Å². The van der Waals surface area contributed by atoms with Crippen molar-refractivity contribution in [1.82, 2.24) is 9.78 Å². The Morgan fingerprint density at radius 2 is 2.04 bits per heavy atom. The van der Waals surface area contributed by atoms with Gasteiger partial charge in [-0.1, -0.05) is 0 Å². The Morgan fingerprint density at radius 3 is 2.71 bits per heavy atom. The standard InChI is InChI=1S/C16H14F3N3O2/c17-16(18,19)24-14-2-1-11(8-20)15(7-14)12-9-21-22(10-12)13-3-5-23-6-4-13/h1-2,7,9-10,13H,3-6H2. The van der Waals surface area contributed by atoms with Crippen molar-refractivity contribution in [1.29, 1.82) is 5.26 Å². The van der Waals surface area contributed by atoms with Gasteiger partial charge in [-0.25, -0.2) is 0 Å². The van der Waals surface area contributed by atoms with Gasteiger partial charge in [0.15, 0.2) is 0 Å². The smallest absolute Gasteiger partial charge is 0.406 e. The van der Waals surface area contributed by atoms with Crippen LogP contribution in [0, 0.1) is 11.3 Å². The Balaban J connectivity index is 1.91. The molecule has 24 heavy (non-hydrogen) atoms. The topological polar surface area (TPSA) is 60.1 Å². The molecule has 5 nitrogen and oxygen atoms in total. The van der Waals surface area contributed by atoms with Crippen LogP contribution in [0.25, 0.3) is 11.1 Å². The van der Waals surface area contributed by atoms with Crippen molar-refractivity contribution >= 4 is 0 Å². The second-order valence-corrected chi connectivity index (χ2v) is 5.42. The summed E-state index contributed by atoms with van der Waals surface area (Å²) in [7, 11) is 0. The molecule has 0 unspecified atom stereocenters. The molecule has 1 aromatic carbocycles. The molecule has 2 heterocycles. The van der Waals surface area contributed by atoms with E-state index in [1.807, 2.05) is 6.07 Å². The summed E-state index contributed by atoms with van der Waals surface area (Å²) in [5, 5.41) is 13.5. The van der Waals surface area contributed by atoms with E-state index < -0.39 is 6.36 Å². The van der Waals surface area contributed by atoms with Crippen LogP contribution in [0.5, 0.6) is 5.75 Å². The van der Waals surface area contributed by atoms with E-state index in [1.165, 1.54) is 12.1 Å². The normalized spacial score (nSPS) is 15.9. The summed E-state index contributed by atoms with van der Waals surface area (Å²) < 4.78 is 48.2. The van der Waals surface area contributed by atoms with E-state index in [4.69, 9.17) is 4.74 Å². The van der Waals surface area contributed by atoms with Gasteiger partial charge in [-0.2, -0.15) is 10.4 Å². The van der Waals surface area contributed by atoms with Crippen molar-refractivity contribution in [3.8, 4) is 22.9 Å². The van der Waals surface area contributed by atoms with Crippen molar-refractivity contribution < 1.29 is 22.6 Å². The third-order valence-corrected chi connectivity index (χ3v) is 3.82. The predicted molar refractivity (Wildman–Crippen MR) is 78.2 cm³/mol. The SMILES string of the molecule is N#Cc1ccc(OC(F)(F)F)cc1-c1cnn(C2CCOCC2)c1. The van der Waals surface area contributed by atoms with Crippen LogP contribution in [-0.4, -0.2) is 29.4 Å². The van der Waals surface area contributed by atoms with Gasteiger partial charge in [0.25, 0.3) is 0 Å². The molecule has 1 fully saturated rings. The highest BCUT2D eigenvalue weighted by molar-refractivity contribution is 5.71.